The Labute approximate surface area is 93.0 Å². The van der Waals surface area contributed by atoms with E-state index < -0.39 is 30.3 Å². The first-order valence-corrected chi connectivity index (χ1v) is 4.47. The molecule has 1 aromatic carbocycles. The zero-order valence-electron chi connectivity index (χ0n) is 8.62. The van der Waals surface area contributed by atoms with Crippen molar-refractivity contribution in [2.75, 3.05) is 6.61 Å². The Morgan fingerprint density at radius 3 is 2.12 bits per heavy atom. The molecule has 0 aliphatic carbocycles. The fraction of sp³-hybridized carbons (Fsp3) is 0.400. The highest BCUT2D eigenvalue weighted by Crippen LogP contribution is 2.37. The molecule has 0 amide bonds. The lowest BCUT2D eigenvalue weighted by Crippen LogP contribution is -2.20. The average molecular weight is 258 g/mol. The van der Waals surface area contributed by atoms with Gasteiger partial charge in [0.2, 0.25) is 0 Å². The number of benzene rings is 1. The second-order valence-corrected chi connectivity index (χ2v) is 3.40. The van der Waals surface area contributed by atoms with Gasteiger partial charge in [0.25, 0.3) is 0 Å². The lowest BCUT2D eigenvalue weighted by Gasteiger charge is -2.15. The third-order valence-corrected chi connectivity index (χ3v) is 1.83. The van der Waals surface area contributed by atoms with Crippen LogP contribution in [0.3, 0.4) is 0 Å². The molecule has 0 aliphatic heterocycles. The molecular formula is C10H8F6O. The average Bonchev–Trinajstić information content (AvgIpc) is 2.13. The van der Waals surface area contributed by atoms with Gasteiger partial charge in [-0.2, -0.15) is 26.3 Å². The van der Waals surface area contributed by atoms with Gasteiger partial charge in [-0.25, -0.2) is 0 Å². The van der Waals surface area contributed by atoms with Crippen molar-refractivity contribution >= 4 is 0 Å². The van der Waals surface area contributed by atoms with Crippen LogP contribution in [0.4, 0.5) is 26.3 Å². The predicted octanol–water partition coefficient (Wildman–Crippen LogP) is 3.95. The summed E-state index contributed by atoms with van der Waals surface area (Å²) in [6.45, 7) is -0.345. The Morgan fingerprint density at radius 1 is 1.06 bits per heavy atom. The zero-order chi connectivity index (χ0) is 13.3. The van der Waals surface area contributed by atoms with Crippen LogP contribution in [-0.2, 0) is 6.18 Å². The maximum atomic E-state index is 12.5. The molecule has 7 heteroatoms. The van der Waals surface area contributed by atoms with E-state index in [0.29, 0.717) is 0 Å². The Morgan fingerprint density at radius 2 is 1.65 bits per heavy atom. The van der Waals surface area contributed by atoms with Crippen molar-refractivity contribution in [1.29, 1.82) is 0 Å². The summed E-state index contributed by atoms with van der Waals surface area (Å²) in [5, 5.41) is 0. The highest BCUT2D eigenvalue weighted by molar-refractivity contribution is 5.38. The zero-order valence-corrected chi connectivity index (χ0v) is 8.62. The molecule has 0 aromatic heterocycles. The number of ether oxygens (including phenoxy) is 1. The fourth-order valence-corrected chi connectivity index (χ4v) is 1.15. The van der Waals surface area contributed by atoms with E-state index in [4.69, 9.17) is 0 Å². The Bertz CT molecular complexity index is 393. The Hall–Kier alpha value is -1.40. The van der Waals surface area contributed by atoms with Gasteiger partial charge < -0.3 is 4.74 Å². The van der Waals surface area contributed by atoms with E-state index in [1.54, 1.807) is 0 Å². The minimum absolute atomic E-state index is 0.289. The third-order valence-electron chi connectivity index (χ3n) is 1.83. The van der Waals surface area contributed by atoms with Crippen LogP contribution in [0.25, 0.3) is 0 Å². The molecule has 1 nitrogen and oxygen atoms in total. The van der Waals surface area contributed by atoms with Gasteiger partial charge in [0.15, 0.2) is 6.61 Å². The monoisotopic (exact) mass is 258 g/mol. The van der Waals surface area contributed by atoms with E-state index in [9.17, 15) is 26.3 Å². The first kappa shape index (κ1) is 13.7. The number of halogens is 6. The number of hydrogen-bond acceptors (Lipinski definition) is 1. The number of rotatable bonds is 2. The van der Waals surface area contributed by atoms with Crippen LogP contribution in [0.15, 0.2) is 18.2 Å². The molecule has 0 N–H and O–H groups in total. The third kappa shape index (κ3) is 4.16. The quantitative estimate of drug-likeness (QED) is 0.730. The smallest absolute Gasteiger partial charge is 0.422 e. The summed E-state index contributed by atoms with van der Waals surface area (Å²) in [7, 11) is 0. The van der Waals surface area contributed by atoms with Crippen LogP contribution in [0, 0.1) is 6.92 Å². The molecule has 0 radical (unpaired) electrons. The van der Waals surface area contributed by atoms with Crippen LogP contribution < -0.4 is 4.74 Å². The van der Waals surface area contributed by atoms with E-state index >= 15 is 0 Å². The Kier molecular flexibility index (Phi) is 3.59. The molecule has 0 heterocycles. The molecular weight excluding hydrogens is 250 g/mol. The van der Waals surface area contributed by atoms with E-state index in [0.717, 1.165) is 12.1 Å². The highest BCUT2D eigenvalue weighted by atomic mass is 19.4. The summed E-state index contributed by atoms with van der Waals surface area (Å²) in [6.07, 6.45) is -9.42. The van der Waals surface area contributed by atoms with Gasteiger partial charge in [0, 0.05) is 0 Å². The lowest BCUT2D eigenvalue weighted by molar-refractivity contribution is -0.158. The summed E-state index contributed by atoms with van der Waals surface area (Å²) in [5.41, 5.74) is -0.918. The first-order valence-electron chi connectivity index (χ1n) is 4.47. The van der Waals surface area contributed by atoms with Gasteiger partial charge >= 0.3 is 12.4 Å². The van der Waals surface area contributed by atoms with Crippen LogP contribution >= 0.6 is 0 Å². The Balaban J connectivity index is 2.99. The highest BCUT2D eigenvalue weighted by Gasteiger charge is 2.36. The molecule has 17 heavy (non-hydrogen) atoms. The largest absolute Gasteiger partial charge is 0.483 e. The van der Waals surface area contributed by atoms with Gasteiger partial charge in [0.05, 0.1) is 5.56 Å². The molecule has 1 rings (SSSR count). The molecule has 0 aliphatic rings. The lowest BCUT2D eigenvalue weighted by atomic mass is 10.1. The normalized spacial score (nSPS) is 12.6. The van der Waals surface area contributed by atoms with E-state index in [1.807, 2.05) is 0 Å². The minimum atomic E-state index is -4.74. The molecule has 0 fully saturated rings. The van der Waals surface area contributed by atoms with Crippen LogP contribution in [0.5, 0.6) is 5.75 Å². The SMILES string of the molecule is Cc1ccc(OCC(F)(F)F)c(C(F)(F)F)c1. The van der Waals surface area contributed by atoms with Crippen molar-refractivity contribution in [2.45, 2.75) is 19.3 Å². The van der Waals surface area contributed by atoms with Crippen molar-refractivity contribution in [1.82, 2.24) is 0 Å². The molecule has 0 saturated heterocycles. The van der Waals surface area contributed by atoms with Crippen molar-refractivity contribution < 1.29 is 31.1 Å². The summed E-state index contributed by atoms with van der Waals surface area (Å²) >= 11 is 0. The van der Waals surface area contributed by atoms with Gasteiger partial charge in [-0.1, -0.05) is 11.6 Å². The maximum Gasteiger partial charge on any atom is 0.422 e. The summed E-state index contributed by atoms with van der Waals surface area (Å²) < 4.78 is 77.1. The van der Waals surface area contributed by atoms with Crippen molar-refractivity contribution in [3.63, 3.8) is 0 Å². The van der Waals surface area contributed by atoms with Gasteiger partial charge in [0.1, 0.15) is 5.75 Å². The fourth-order valence-electron chi connectivity index (χ4n) is 1.15. The van der Waals surface area contributed by atoms with Crippen molar-refractivity contribution in [3.8, 4) is 5.75 Å². The topological polar surface area (TPSA) is 9.23 Å². The number of hydrogen-bond donors (Lipinski definition) is 0. The first-order chi connectivity index (χ1) is 7.59. The van der Waals surface area contributed by atoms with Gasteiger partial charge in [-0.15, -0.1) is 0 Å². The second-order valence-electron chi connectivity index (χ2n) is 3.40. The molecule has 96 valence electrons. The molecule has 1 aromatic rings. The van der Waals surface area contributed by atoms with Crippen LogP contribution in [-0.4, -0.2) is 12.8 Å². The second kappa shape index (κ2) is 4.46. The summed E-state index contributed by atoms with van der Waals surface area (Å²) in [6, 6.07) is 2.87. The van der Waals surface area contributed by atoms with E-state index in [2.05, 4.69) is 4.74 Å². The number of alkyl halides is 6. The van der Waals surface area contributed by atoms with E-state index in [1.165, 1.54) is 13.0 Å². The van der Waals surface area contributed by atoms with E-state index in [-0.39, 0.29) is 5.56 Å². The minimum Gasteiger partial charge on any atom is -0.483 e. The standard InChI is InChI=1S/C10H8F6O/c1-6-2-3-8(17-5-9(11,12)13)7(4-6)10(14,15)16/h2-4H,5H2,1H3. The molecule has 0 unspecified atom stereocenters. The van der Waals surface area contributed by atoms with Crippen molar-refractivity contribution in [3.05, 3.63) is 29.3 Å². The summed E-state index contributed by atoms with van der Waals surface area (Å²) in [5.74, 6) is -0.819. The van der Waals surface area contributed by atoms with Crippen LogP contribution in [0.2, 0.25) is 0 Å². The number of aryl methyl sites for hydroxylation is 1. The van der Waals surface area contributed by atoms with Gasteiger partial charge in [-0.3, -0.25) is 0 Å². The van der Waals surface area contributed by atoms with Crippen molar-refractivity contribution in [2.24, 2.45) is 0 Å². The molecule has 0 saturated carbocycles. The van der Waals surface area contributed by atoms with Crippen LogP contribution in [0.1, 0.15) is 11.1 Å². The molecule has 0 atom stereocenters. The maximum absolute atomic E-state index is 12.5. The molecule has 0 bridgehead atoms. The summed E-state index contributed by atoms with van der Waals surface area (Å²) in [4.78, 5) is 0. The predicted molar refractivity (Wildman–Crippen MR) is 47.7 cm³/mol. The van der Waals surface area contributed by atoms with Gasteiger partial charge in [-0.05, 0) is 19.1 Å². The molecule has 0 spiro atoms.